The summed E-state index contributed by atoms with van der Waals surface area (Å²) in [5, 5.41) is 18.7. The molecule has 0 bridgehead atoms. The van der Waals surface area contributed by atoms with E-state index in [9.17, 15) is 4.79 Å². The van der Waals surface area contributed by atoms with Gasteiger partial charge in [0.05, 0.1) is 33.2 Å². The third kappa shape index (κ3) is 3.78. The monoisotopic (exact) mass is 402 g/mol. The molecule has 0 spiro atoms. The van der Waals surface area contributed by atoms with Gasteiger partial charge in [-0.2, -0.15) is 9.78 Å². The molecule has 3 rings (SSSR count). The maximum Gasteiger partial charge on any atom is 0.293 e. The largest absolute Gasteiger partial charge is 0.496 e. The molecule has 13 heteroatoms. The summed E-state index contributed by atoms with van der Waals surface area (Å²) in [6, 6.07) is 3.31. The Morgan fingerprint density at radius 2 is 1.86 bits per heavy atom. The molecule has 152 valence electrons. The molecular weight excluding hydrogens is 384 g/mol. The second-order valence-electron chi connectivity index (χ2n) is 5.56. The number of nitrogens with one attached hydrogen (secondary N) is 1. The zero-order valence-corrected chi connectivity index (χ0v) is 16.0. The highest BCUT2D eigenvalue weighted by molar-refractivity contribution is 5.94. The molecule has 0 aliphatic rings. The van der Waals surface area contributed by atoms with Crippen molar-refractivity contribution in [3.8, 4) is 23.1 Å². The highest BCUT2D eigenvalue weighted by Gasteiger charge is 2.20. The fourth-order valence-electron chi connectivity index (χ4n) is 2.45. The maximum atomic E-state index is 12.4. The van der Waals surface area contributed by atoms with Crippen LogP contribution in [-0.4, -0.2) is 58.8 Å². The number of hydrazone groups is 1. The Hall–Kier alpha value is -4.16. The Bertz CT molecular complexity index is 1060. The molecular formula is C16H18N8O5. The van der Waals surface area contributed by atoms with Crippen molar-refractivity contribution < 1.29 is 23.6 Å². The van der Waals surface area contributed by atoms with Gasteiger partial charge in [-0.05, 0) is 23.3 Å². The molecule has 0 saturated carbocycles. The molecule has 0 fully saturated rings. The average Bonchev–Trinajstić information content (AvgIpc) is 3.32. The summed E-state index contributed by atoms with van der Waals surface area (Å²) in [4.78, 5) is 12.4. The minimum atomic E-state index is -0.584. The molecule has 3 aromatic rings. The van der Waals surface area contributed by atoms with Crippen LogP contribution in [-0.2, 0) is 0 Å². The van der Waals surface area contributed by atoms with E-state index in [1.54, 1.807) is 19.1 Å². The second-order valence-corrected chi connectivity index (χ2v) is 5.56. The molecule has 2 aromatic heterocycles. The van der Waals surface area contributed by atoms with E-state index in [1.165, 1.54) is 32.2 Å². The second kappa shape index (κ2) is 8.24. The van der Waals surface area contributed by atoms with E-state index in [1.807, 2.05) is 0 Å². The van der Waals surface area contributed by atoms with Gasteiger partial charge in [-0.1, -0.05) is 5.21 Å². The average molecular weight is 402 g/mol. The van der Waals surface area contributed by atoms with Gasteiger partial charge < -0.3 is 19.9 Å². The lowest BCUT2D eigenvalue weighted by molar-refractivity contribution is 0.0949. The number of aromatic nitrogens is 5. The highest BCUT2D eigenvalue weighted by Crippen LogP contribution is 2.33. The molecule has 0 aliphatic carbocycles. The van der Waals surface area contributed by atoms with Crippen LogP contribution in [0.25, 0.3) is 5.82 Å². The summed E-state index contributed by atoms with van der Waals surface area (Å²) in [7, 11) is 4.53. The highest BCUT2D eigenvalue weighted by atomic mass is 16.6. The number of amides is 1. The molecule has 0 radical (unpaired) electrons. The number of carbonyl (C=O) groups excluding carboxylic acids is 1. The van der Waals surface area contributed by atoms with Crippen molar-refractivity contribution in [2.24, 2.45) is 5.10 Å². The van der Waals surface area contributed by atoms with Crippen LogP contribution in [0.15, 0.2) is 21.9 Å². The quantitative estimate of drug-likeness (QED) is 0.415. The SMILES string of the molecule is COc1cc(OC)c(OC)cc1C=NNC(=O)c1nnn(-c2nonc2N)c1C. The summed E-state index contributed by atoms with van der Waals surface area (Å²) in [5.41, 5.74) is 8.98. The van der Waals surface area contributed by atoms with Crippen LogP contribution in [0, 0.1) is 6.92 Å². The van der Waals surface area contributed by atoms with Crippen LogP contribution in [0.1, 0.15) is 21.7 Å². The van der Waals surface area contributed by atoms with Crippen LogP contribution in [0.3, 0.4) is 0 Å². The lowest BCUT2D eigenvalue weighted by atomic mass is 10.2. The summed E-state index contributed by atoms with van der Waals surface area (Å²) < 4.78 is 21.6. The number of nitrogens with two attached hydrogens (primary N) is 1. The number of rotatable bonds is 7. The van der Waals surface area contributed by atoms with E-state index in [-0.39, 0.29) is 17.3 Å². The Kier molecular flexibility index (Phi) is 5.57. The maximum absolute atomic E-state index is 12.4. The van der Waals surface area contributed by atoms with Gasteiger partial charge in [-0.25, -0.2) is 10.1 Å². The Morgan fingerprint density at radius 1 is 1.17 bits per heavy atom. The van der Waals surface area contributed by atoms with Crippen LogP contribution in [0.4, 0.5) is 5.82 Å². The van der Waals surface area contributed by atoms with E-state index >= 15 is 0 Å². The fraction of sp³-hybridized carbons (Fsp3) is 0.250. The van der Waals surface area contributed by atoms with E-state index < -0.39 is 5.91 Å². The number of nitrogen functional groups attached to an aromatic ring is 1. The Balaban J connectivity index is 1.79. The van der Waals surface area contributed by atoms with E-state index in [0.717, 1.165) is 0 Å². The minimum absolute atomic E-state index is 0.0172. The van der Waals surface area contributed by atoms with Crippen molar-refractivity contribution in [3.63, 3.8) is 0 Å². The number of hydrogen-bond acceptors (Lipinski definition) is 11. The molecule has 1 aromatic carbocycles. The lowest BCUT2D eigenvalue weighted by Gasteiger charge is -2.11. The predicted octanol–water partition coefficient (Wildman–Crippen LogP) is 0.331. The number of nitrogens with zero attached hydrogens (tertiary/aromatic N) is 6. The zero-order chi connectivity index (χ0) is 21.0. The van der Waals surface area contributed by atoms with Crippen molar-refractivity contribution in [2.75, 3.05) is 27.1 Å². The first-order valence-corrected chi connectivity index (χ1v) is 8.14. The van der Waals surface area contributed by atoms with Gasteiger partial charge in [0.2, 0.25) is 11.6 Å². The van der Waals surface area contributed by atoms with Crippen molar-refractivity contribution in [2.45, 2.75) is 6.92 Å². The van der Waals surface area contributed by atoms with Gasteiger partial charge in [0.1, 0.15) is 5.75 Å². The van der Waals surface area contributed by atoms with Crippen LogP contribution in [0.2, 0.25) is 0 Å². The lowest BCUT2D eigenvalue weighted by Crippen LogP contribution is -2.19. The van der Waals surface area contributed by atoms with Crippen molar-refractivity contribution >= 4 is 17.9 Å². The molecule has 2 heterocycles. The predicted molar refractivity (Wildman–Crippen MR) is 99.5 cm³/mol. The molecule has 0 saturated heterocycles. The number of hydrogen-bond donors (Lipinski definition) is 2. The Labute approximate surface area is 164 Å². The number of anilines is 1. The van der Waals surface area contributed by atoms with Gasteiger partial charge in [0, 0.05) is 11.6 Å². The van der Waals surface area contributed by atoms with Crippen LogP contribution in [0.5, 0.6) is 17.2 Å². The number of methoxy groups -OCH3 is 3. The third-order valence-corrected chi connectivity index (χ3v) is 3.91. The number of ether oxygens (including phenoxy) is 3. The van der Waals surface area contributed by atoms with Gasteiger partial charge in [0.25, 0.3) is 5.91 Å². The van der Waals surface area contributed by atoms with E-state index in [4.69, 9.17) is 19.9 Å². The van der Waals surface area contributed by atoms with Crippen molar-refractivity contribution in [3.05, 3.63) is 29.1 Å². The third-order valence-electron chi connectivity index (χ3n) is 3.91. The number of benzene rings is 1. The Morgan fingerprint density at radius 3 is 2.48 bits per heavy atom. The first kappa shape index (κ1) is 19.6. The van der Waals surface area contributed by atoms with Gasteiger partial charge in [-0.3, -0.25) is 4.79 Å². The molecule has 29 heavy (non-hydrogen) atoms. The van der Waals surface area contributed by atoms with Gasteiger partial charge in [0.15, 0.2) is 17.2 Å². The zero-order valence-electron chi connectivity index (χ0n) is 16.0. The smallest absolute Gasteiger partial charge is 0.293 e. The molecule has 13 nitrogen and oxygen atoms in total. The number of carbonyl (C=O) groups is 1. The summed E-state index contributed by atoms with van der Waals surface area (Å²) >= 11 is 0. The molecule has 0 unspecified atom stereocenters. The first-order chi connectivity index (χ1) is 14.0. The molecule has 3 N–H and O–H groups in total. The molecule has 0 aliphatic heterocycles. The summed E-state index contributed by atoms with van der Waals surface area (Å²) in [5.74, 6) is 1.03. The molecule has 1 amide bonds. The van der Waals surface area contributed by atoms with E-state index in [0.29, 0.717) is 28.5 Å². The topological polar surface area (TPSA) is 165 Å². The standard InChI is InChI=1S/C16H18N8O5/c1-8-13(19-23-24(8)15-14(17)21-29-22-15)16(25)20-18-7-9-5-11(27-3)12(28-4)6-10(9)26-2/h5-7H,1-4H3,(H2,17,21)(H,20,25). The van der Waals surface area contributed by atoms with Crippen molar-refractivity contribution in [1.82, 2.24) is 30.7 Å². The minimum Gasteiger partial charge on any atom is -0.496 e. The summed E-state index contributed by atoms with van der Waals surface area (Å²) in [6.45, 7) is 1.62. The summed E-state index contributed by atoms with van der Waals surface area (Å²) in [6.07, 6.45) is 1.40. The van der Waals surface area contributed by atoms with Crippen LogP contribution >= 0.6 is 0 Å². The van der Waals surface area contributed by atoms with Crippen LogP contribution < -0.4 is 25.4 Å². The van der Waals surface area contributed by atoms with E-state index in [2.05, 4.69) is 35.8 Å². The van der Waals surface area contributed by atoms with Gasteiger partial charge in [-0.15, -0.1) is 5.10 Å². The fourth-order valence-corrected chi connectivity index (χ4v) is 2.45. The van der Waals surface area contributed by atoms with Gasteiger partial charge >= 0.3 is 0 Å². The molecule has 0 atom stereocenters. The first-order valence-electron chi connectivity index (χ1n) is 8.14. The van der Waals surface area contributed by atoms with Crippen molar-refractivity contribution in [1.29, 1.82) is 0 Å². The normalized spacial score (nSPS) is 10.9.